The minimum atomic E-state index is -0.725. The van der Waals surface area contributed by atoms with Gasteiger partial charge >= 0.3 is 5.97 Å². The number of rotatable bonds is 2. The van der Waals surface area contributed by atoms with Gasteiger partial charge in [0.2, 0.25) is 0 Å². The van der Waals surface area contributed by atoms with Crippen LogP contribution in [0.5, 0.6) is 0 Å². The smallest absolute Gasteiger partial charge is 0.308 e. The van der Waals surface area contributed by atoms with Crippen molar-refractivity contribution < 1.29 is 9.90 Å². The molecule has 2 aliphatic rings. The monoisotopic (exact) mass is 257 g/mol. The fraction of sp³-hybridized carbons (Fsp3) is 0.500. The number of carboxylic acid groups (broad SMARTS) is 1. The van der Waals surface area contributed by atoms with Gasteiger partial charge in [-0.25, -0.2) is 4.98 Å². The molecule has 0 bridgehead atoms. The van der Waals surface area contributed by atoms with Gasteiger partial charge in [0.25, 0.3) is 0 Å². The fourth-order valence-electron chi connectivity index (χ4n) is 3.34. The Morgan fingerprint density at radius 3 is 2.89 bits per heavy atom. The summed E-state index contributed by atoms with van der Waals surface area (Å²) in [6.07, 6.45) is 4.69. The zero-order valence-electron chi connectivity index (χ0n) is 10.5. The normalized spacial score (nSPS) is 23.9. The van der Waals surface area contributed by atoms with E-state index in [0.717, 1.165) is 19.3 Å². The second-order valence-corrected chi connectivity index (χ2v) is 5.47. The van der Waals surface area contributed by atoms with Crippen LogP contribution in [0.4, 0.5) is 5.82 Å². The van der Waals surface area contributed by atoms with Gasteiger partial charge in [0.15, 0.2) is 0 Å². The molecular formula is C14H15N3O2. The fourth-order valence-corrected chi connectivity index (χ4v) is 3.34. The van der Waals surface area contributed by atoms with Crippen molar-refractivity contribution in [1.29, 1.82) is 5.26 Å². The molecule has 1 aromatic rings. The van der Waals surface area contributed by atoms with Crippen molar-refractivity contribution in [2.75, 3.05) is 18.0 Å². The number of carboxylic acids is 1. The zero-order chi connectivity index (χ0) is 13.5. The predicted molar refractivity (Wildman–Crippen MR) is 68.6 cm³/mol. The van der Waals surface area contributed by atoms with E-state index in [1.54, 1.807) is 18.3 Å². The largest absolute Gasteiger partial charge is 0.481 e. The number of hydrogen-bond donors (Lipinski definition) is 1. The van der Waals surface area contributed by atoms with Gasteiger partial charge in [0.05, 0.1) is 11.5 Å². The molecule has 1 saturated carbocycles. The molecule has 0 unspecified atom stereocenters. The maximum atomic E-state index is 11.4. The first kappa shape index (κ1) is 12.0. The molecule has 1 aromatic heterocycles. The van der Waals surface area contributed by atoms with Crippen LogP contribution in [-0.4, -0.2) is 29.1 Å². The van der Waals surface area contributed by atoms with Gasteiger partial charge in [0.1, 0.15) is 11.9 Å². The maximum absolute atomic E-state index is 11.4. The number of aromatic nitrogens is 1. The molecule has 5 heteroatoms. The molecule has 98 valence electrons. The van der Waals surface area contributed by atoms with E-state index >= 15 is 0 Å². The van der Waals surface area contributed by atoms with Gasteiger partial charge in [-0.3, -0.25) is 4.79 Å². The van der Waals surface area contributed by atoms with Gasteiger partial charge in [-0.05, 0) is 25.0 Å². The number of anilines is 1. The number of carbonyl (C=O) groups is 1. The molecule has 1 atom stereocenters. The number of hydrogen-bond acceptors (Lipinski definition) is 4. The highest BCUT2D eigenvalue weighted by Gasteiger charge is 2.54. The van der Waals surface area contributed by atoms with Crippen molar-refractivity contribution in [3.05, 3.63) is 23.9 Å². The summed E-state index contributed by atoms with van der Waals surface area (Å²) < 4.78 is 0. The molecule has 2 fully saturated rings. The Morgan fingerprint density at radius 1 is 1.58 bits per heavy atom. The average molecular weight is 257 g/mol. The molecule has 0 aromatic carbocycles. The highest BCUT2D eigenvalue weighted by Crippen LogP contribution is 2.52. The SMILES string of the molecule is N#Cc1cccnc1N1C[C@@H](C(=O)O)C2(CCC2)C1. The van der Waals surface area contributed by atoms with E-state index in [2.05, 4.69) is 11.1 Å². The van der Waals surface area contributed by atoms with Crippen molar-refractivity contribution in [3.63, 3.8) is 0 Å². The molecule has 0 radical (unpaired) electrons. The van der Waals surface area contributed by atoms with Crippen molar-refractivity contribution >= 4 is 11.8 Å². The summed E-state index contributed by atoms with van der Waals surface area (Å²) in [5, 5.41) is 18.5. The predicted octanol–water partition coefficient (Wildman–Crippen LogP) is 1.64. The molecule has 1 N–H and O–H groups in total. The molecule has 2 heterocycles. The summed E-state index contributed by atoms with van der Waals surface area (Å²) >= 11 is 0. The molecule has 5 nitrogen and oxygen atoms in total. The quantitative estimate of drug-likeness (QED) is 0.871. The van der Waals surface area contributed by atoms with Gasteiger partial charge in [-0.15, -0.1) is 0 Å². The Morgan fingerprint density at radius 2 is 2.37 bits per heavy atom. The lowest BCUT2D eigenvalue weighted by atomic mass is 9.63. The van der Waals surface area contributed by atoms with Crippen LogP contribution in [0, 0.1) is 22.7 Å². The Balaban J connectivity index is 1.92. The van der Waals surface area contributed by atoms with Gasteiger partial charge in [-0.2, -0.15) is 5.26 Å². The molecular weight excluding hydrogens is 242 g/mol. The minimum absolute atomic E-state index is 0.101. The van der Waals surface area contributed by atoms with Crippen LogP contribution in [0.3, 0.4) is 0 Å². The van der Waals surface area contributed by atoms with E-state index in [-0.39, 0.29) is 11.3 Å². The standard InChI is InChI=1S/C14H15N3O2/c15-7-10-3-1-6-16-12(10)17-8-11(13(18)19)14(9-17)4-2-5-14/h1,3,6,11H,2,4-5,8-9H2,(H,18,19)/t11-/m0/s1. The highest BCUT2D eigenvalue weighted by atomic mass is 16.4. The van der Waals surface area contributed by atoms with Crippen molar-refractivity contribution in [1.82, 2.24) is 4.98 Å². The topological polar surface area (TPSA) is 77.2 Å². The number of pyridine rings is 1. The lowest BCUT2D eigenvalue weighted by molar-refractivity contribution is -0.146. The molecule has 0 amide bonds. The lowest BCUT2D eigenvalue weighted by Gasteiger charge is -2.41. The molecule has 1 spiro atoms. The Labute approximate surface area is 111 Å². The van der Waals surface area contributed by atoms with Gasteiger partial charge in [0, 0.05) is 24.7 Å². The Kier molecular flexibility index (Phi) is 2.67. The van der Waals surface area contributed by atoms with Crippen LogP contribution in [-0.2, 0) is 4.79 Å². The van der Waals surface area contributed by atoms with Crippen molar-refractivity contribution in [2.45, 2.75) is 19.3 Å². The molecule has 1 saturated heterocycles. The minimum Gasteiger partial charge on any atom is -0.481 e. The maximum Gasteiger partial charge on any atom is 0.308 e. The summed E-state index contributed by atoms with van der Waals surface area (Å²) in [4.78, 5) is 17.7. The van der Waals surface area contributed by atoms with Crippen molar-refractivity contribution in [2.24, 2.45) is 11.3 Å². The van der Waals surface area contributed by atoms with Gasteiger partial charge in [-0.1, -0.05) is 6.42 Å². The van der Waals surface area contributed by atoms with E-state index in [9.17, 15) is 9.90 Å². The molecule has 19 heavy (non-hydrogen) atoms. The number of nitrogens with zero attached hydrogens (tertiary/aromatic N) is 3. The van der Waals surface area contributed by atoms with Crippen LogP contribution in [0.1, 0.15) is 24.8 Å². The zero-order valence-corrected chi connectivity index (χ0v) is 10.5. The molecule has 3 rings (SSSR count). The van der Waals surface area contributed by atoms with E-state index in [0.29, 0.717) is 24.5 Å². The Hall–Kier alpha value is -2.09. The van der Waals surface area contributed by atoms with E-state index < -0.39 is 5.97 Å². The third-order valence-electron chi connectivity index (χ3n) is 4.50. The second kappa shape index (κ2) is 4.23. The summed E-state index contributed by atoms with van der Waals surface area (Å²) in [7, 11) is 0. The van der Waals surface area contributed by atoms with E-state index in [4.69, 9.17) is 5.26 Å². The molecule has 1 aliphatic carbocycles. The summed E-state index contributed by atoms with van der Waals surface area (Å²) in [5.74, 6) is -0.438. The van der Waals surface area contributed by atoms with Crippen LogP contribution in [0.15, 0.2) is 18.3 Å². The first-order valence-corrected chi connectivity index (χ1v) is 6.49. The summed E-state index contributed by atoms with van der Waals surface area (Å²) in [6.45, 7) is 1.16. The summed E-state index contributed by atoms with van der Waals surface area (Å²) in [5.41, 5.74) is 0.416. The second-order valence-electron chi connectivity index (χ2n) is 5.47. The van der Waals surface area contributed by atoms with Crippen LogP contribution < -0.4 is 4.90 Å². The first-order chi connectivity index (χ1) is 9.16. The van der Waals surface area contributed by atoms with Crippen LogP contribution in [0.25, 0.3) is 0 Å². The lowest BCUT2D eigenvalue weighted by Crippen LogP contribution is -2.40. The number of aliphatic carboxylic acids is 1. The van der Waals surface area contributed by atoms with E-state index in [1.165, 1.54) is 0 Å². The average Bonchev–Trinajstić information content (AvgIpc) is 2.79. The Bertz CT molecular complexity index is 560. The van der Waals surface area contributed by atoms with Crippen LogP contribution >= 0.6 is 0 Å². The summed E-state index contributed by atoms with van der Waals surface area (Å²) in [6, 6.07) is 5.58. The third-order valence-corrected chi connectivity index (χ3v) is 4.50. The molecule has 1 aliphatic heterocycles. The van der Waals surface area contributed by atoms with Gasteiger partial charge < -0.3 is 10.0 Å². The first-order valence-electron chi connectivity index (χ1n) is 6.49. The highest BCUT2D eigenvalue weighted by molar-refractivity contribution is 5.74. The van der Waals surface area contributed by atoms with E-state index in [1.807, 2.05) is 4.90 Å². The number of nitriles is 1. The van der Waals surface area contributed by atoms with Crippen molar-refractivity contribution in [3.8, 4) is 6.07 Å². The third kappa shape index (κ3) is 1.75. The van der Waals surface area contributed by atoms with Crippen LogP contribution in [0.2, 0.25) is 0 Å².